The van der Waals surface area contributed by atoms with E-state index in [2.05, 4.69) is 45.9 Å². The number of hydrogen-bond donors (Lipinski definition) is 2. The Morgan fingerprint density at radius 3 is 2.50 bits per heavy atom. The number of likely N-dealkylation sites (tertiary alicyclic amines) is 2. The summed E-state index contributed by atoms with van der Waals surface area (Å²) >= 11 is 0. The number of piperidine rings is 2. The third-order valence-corrected chi connectivity index (χ3v) is 6.71. The first-order valence-electron chi connectivity index (χ1n) is 11.8. The summed E-state index contributed by atoms with van der Waals surface area (Å²) in [5.41, 5.74) is 3.19. The second-order valence-electron chi connectivity index (χ2n) is 8.98. The van der Waals surface area contributed by atoms with Gasteiger partial charge in [-0.05, 0) is 48.9 Å². The van der Waals surface area contributed by atoms with Crippen molar-refractivity contribution in [3.05, 3.63) is 71.3 Å². The molecule has 0 spiro atoms. The van der Waals surface area contributed by atoms with Crippen molar-refractivity contribution in [2.75, 3.05) is 33.2 Å². The van der Waals surface area contributed by atoms with Crippen LogP contribution in [0.1, 0.15) is 53.1 Å². The van der Waals surface area contributed by atoms with E-state index >= 15 is 0 Å². The van der Waals surface area contributed by atoms with Gasteiger partial charge in [0.1, 0.15) is 0 Å². The van der Waals surface area contributed by atoms with Gasteiger partial charge in [-0.3, -0.25) is 9.69 Å². The average Bonchev–Trinajstić information content (AvgIpc) is 2.85. The van der Waals surface area contributed by atoms with Gasteiger partial charge >= 0.3 is 6.03 Å². The van der Waals surface area contributed by atoms with E-state index in [1.54, 1.807) is 7.05 Å². The van der Waals surface area contributed by atoms with E-state index in [-0.39, 0.29) is 23.9 Å². The normalized spacial score (nSPS) is 20.0. The second-order valence-corrected chi connectivity index (χ2v) is 8.98. The van der Waals surface area contributed by atoms with Gasteiger partial charge in [-0.25, -0.2) is 4.79 Å². The molecule has 0 aliphatic carbocycles. The molecule has 2 aromatic rings. The van der Waals surface area contributed by atoms with Gasteiger partial charge in [0.25, 0.3) is 5.91 Å². The molecule has 32 heavy (non-hydrogen) atoms. The minimum absolute atomic E-state index is 0.00678. The number of urea groups is 1. The van der Waals surface area contributed by atoms with Crippen LogP contribution in [0.3, 0.4) is 0 Å². The van der Waals surface area contributed by atoms with Gasteiger partial charge in [0.2, 0.25) is 0 Å². The Bertz CT molecular complexity index is 909. The molecule has 1 atom stereocenters. The van der Waals surface area contributed by atoms with E-state index in [9.17, 15) is 9.59 Å². The standard InChI is InChI=1S/C26H34N4O2/c1-27-26(32)30-14-6-11-23(19-30)21-9-5-10-22(17-21)25(31)28-24-12-15-29(16-13-24)18-20-7-3-2-4-8-20/h2-5,7-10,17,23-24H,6,11-16,18-19H2,1H3,(H,27,32)(H,28,31). The Hall–Kier alpha value is -2.86. The zero-order valence-electron chi connectivity index (χ0n) is 18.9. The second kappa shape index (κ2) is 10.6. The van der Waals surface area contributed by atoms with Gasteiger partial charge in [-0.15, -0.1) is 0 Å². The summed E-state index contributed by atoms with van der Waals surface area (Å²) in [7, 11) is 1.67. The van der Waals surface area contributed by atoms with Crippen LogP contribution in [0.5, 0.6) is 0 Å². The molecule has 2 heterocycles. The highest BCUT2D eigenvalue weighted by atomic mass is 16.2. The van der Waals surface area contributed by atoms with Gasteiger partial charge in [0.15, 0.2) is 0 Å². The zero-order valence-corrected chi connectivity index (χ0v) is 18.9. The summed E-state index contributed by atoms with van der Waals surface area (Å²) in [6.45, 7) is 4.45. The zero-order chi connectivity index (χ0) is 22.3. The van der Waals surface area contributed by atoms with Crippen LogP contribution in [-0.2, 0) is 6.54 Å². The molecule has 170 valence electrons. The van der Waals surface area contributed by atoms with Gasteiger partial charge < -0.3 is 15.5 Å². The van der Waals surface area contributed by atoms with Crippen LogP contribution in [-0.4, -0.2) is 61.0 Å². The Balaban J connectivity index is 1.30. The predicted molar refractivity (Wildman–Crippen MR) is 127 cm³/mol. The summed E-state index contributed by atoms with van der Waals surface area (Å²) in [6, 6.07) is 18.7. The molecule has 6 heteroatoms. The average molecular weight is 435 g/mol. The molecule has 0 radical (unpaired) electrons. The molecule has 2 aromatic carbocycles. The molecule has 0 aromatic heterocycles. The summed E-state index contributed by atoms with van der Waals surface area (Å²) < 4.78 is 0. The van der Waals surface area contributed by atoms with E-state index in [0.29, 0.717) is 12.1 Å². The molecule has 2 N–H and O–H groups in total. The molecule has 3 amide bonds. The van der Waals surface area contributed by atoms with Gasteiger partial charge in [-0.1, -0.05) is 42.5 Å². The predicted octanol–water partition coefficient (Wildman–Crippen LogP) is 3.60. The Morgan fingerprint density at radius 2 is 1.75 bits per heavy atom. The van der Waals surface area contributed by atoms with Crippen LogP contribution in [0, 0.1) is 0 Å². The molecule has 0 saturated carbocycles. The minimum Gasteiger partial charge on any atom is -0.349 e. The number of nitrogens with zero attached hydrogens (tertiary/aromatic N) is 2. The van der Waals surface area contributed by atoms with Crippen molar-refractivity contribution in [2.45, 2.75) is 44.2 Å². The third kappa shape index (κ3) is 5.68. The smallest absolute Gasteiger partial charge is 0.317 e. The van der Waals surface area contributed by atoms with Crippen molar-refractivity contribution in [1.82, 2.24) is 20.4 Å². The molecule has 6 nitrogen and oxygen atoms in total. The summed E-state index contributed by atoms with van der Waals surface area (Å²) in [4.78, 5) is 29.3. The maximum absolute atomic E-state index is 12.9. The van der Waals surface area contributed by atoms with Crippen LogP contribution >= 0.6 is 0 Å². The molecule has 2 saturated heterocycles. The van der Waals surface area contributed by atoms with E-state index in [1.807, 2.05) is 29.2 Å². The topological polar surface area (TPSA) is 64.7 Å². The fourth-order valence-corrected chi connectivity index (χ4v) is 4.87. The Morgan fingerprint density at radius 1 is 0.969 bits per heavy atom. The fourth-order valence-electron chi connectivity index (χ4n) is 4.87. The first-order chi connectivity index (χ1) is 15.6. The molecular formula is C26H34N4O2. The maximum atomic E-state index is 12.9. The number of carbonyl (C=O) groups is 2. The van der Waals surface area contributed by atoms with Crippen LogP contribution in [0.4, 0.5) is 4.79 Å². The number of benzene rings is 2. The van der Waals surface area contributed by atoms with Crippen molar-refractivity contribution in [2.24, 2.45) is 0 Å². The monoisotopic (exact) mass is 434 g/mol. The highest BCUT2D eigenvalue weighted by Crippen LogP contribution is 2.27. The molecule has 2 fully saturated rings. The van der Waals surface area contributed by atoms with Gasteiger partial charge in [-0.2, -0.15) is 0 Å². The Labute approximate surface area is 191 Å². The van der Waals surface area contributed by atoms with Crippen molar-refractivity contribution in [3.8, 4) is 0 Å². The molecule has 2 aliphatic heterocycles. The molecule has 1 unspecified atom stereocenters. The largest absolute Gasteiger partial charge is 0.349 e. The van der Waals surface area contributed by atoms with E-state index in [0.717, 1.165) is 57.4 Å². The number of carbonyl (C=O) groups excluding carboxylic acids is 2. The SMILES string of the molecule is CNC(=O)N1CCCC(c2cccc(C(=O)NC3CCN(Cc4ccccc4)CC3)c2)C1. The van der Waals surface area contributed by atoms with Gasteiger partial charge in [0.05, 0.1) is 0 Å². The lowest BCUT2D eigenvalue weighted by Crippen LogP contribution is -2.44. The summed E-state index contributed by atoms with van der Waals surface area (Å²) in [5, 5.41) is 5.96. The highest BCUT2D eigenvalue weighted by Gasteiger charge is 2.25. The molecule has 0 bridgehead atoms. The molecule has 2 aliphatic rings. The highest BCUT2D eigenvalue weighted by molar-refractivity contribution is 5.94. The number of hydrogen-bond acceptors (Lipinski definition) is 3. The van der Waals surface area contributed by atoms with Crippen LogP contribution in [0.25, 0.3) is 0 Å². The summed E-state index contributed by atoms with van der Waals surface area (Å²) in [5.74, 6) is 0.280. The summed E-state index contributed by atoms with van der Waals surface area (Å²) in [6.07, 6.45) is 3.97. The fraction of sp³-hybridized carbons (Fsp3) is 0.462. The van der Waals surface area contributed by atoms with Crippen molar-refractivity contribution >= 4 is 11.9 Å². The number of nitrogens with one attached hydrogen (secondary N) is 2. The molecular weight excluding hydrogens is 400 g/mol. The number of rotatable bonds is 5. The maximum Gasteiger partial charge on any atom is 0.317 e. The lowest BCUT2D eigenvalue weighted by atomic mass is 9.89. The van der Waals surface area contributed by atoms with Crippen LogP contribution in [0.15, 0.2) is 54.6 Å². The van der Waals surface area contributed by atoms with Crippen molar-refractivity contribution < 1.29 is 9.59 Å². The van der Waals surface area contributed by atoms with E-state index in [4.69, 9.17) is 0 Å². The Kier molecular flexibility index (Phi) is 7.43. The lowest BCUT2D eigenvalue weighted by Gasteiger charge is -2.33. The van der Waals surface area contributed by atoms with Crippen molar-refractivity contribution in [3.63, 3.8) is 0 Å². The quantitative estimate of drug-likeness (QED) is 0.756. The van der Waals surface area contributed by atoms with Crippen LogP contribution < -0.4 is 10.6 Å². The van der Waals surface area contributed by atoms with Gasteiger partial charge in [0, 0.05) is 57.3 Å². The number of amides is 3. The lowest BCUT2D eigenvalue weighted by molar-refractivity contribution is 0.0908. The van der Waals surface area contributed by atoms with Crippen molar-refractivity contribution in [1.29, 1.82) is 0 Å². The first-order valence-corrected chi connectivity index (χ1v) is 11.8. The van der Waals surface area contributed by atoms with E-state index < -0.39 is 0 Å². The minimum atomic E-state index is -0.0257. The van der Waals surface area contributed by atoms with E-state index in [1.165, 1.54) is 5.56 Å². The third-order valence-electron chi connectivity index (χ3n) is 6.71. The van der Waals surface area contributed by atoms with Crippen LogP contribution in [0.2, 0.25) is 0 Å². The first kappa shape index (κ1) is 22.3. The molecule has 4 rings (SSSR count).